The summed E-state index contributed by atoms with van der Waals surface area (Å²) in [6.45, 7) is 0. The van der Waals surface area contributed by atoms with Crippen molar-refractivity contribution in [2.24, 2.45) is 7.05 Å². The van der Waals surface area contributed by atoms with Crippen LogP contribution in [0.1, 0.15) is 12.0 Å². The molecule has 0 unspecified atom stereocenters. The molecule has 1 aromatic carbocycles. The minimum absolute atomic E-state index is 0.0441. The molecule has 1 aromatic heterocycles. The summed E-state index contributed by atoms with van der Waals surface area (Å²) in [5.41, 5.74) is 1.53. The van der Waals surface area contributed by atoms with Crippen molar-refractivity contribution in [2.75, 3.05) is 7.11 Å². The third-order valence-corrected chi connectivity index (χ3v) is 3.16. The van der Waals surface area contributed by atoms with Gasteiger partial charge in [-0.05, 0) is 18.6 Å². The molecule has 0 aliphatic carbocycles. The topological polar surface area (TPSA) is 74.4 Å². The minimum atomic E-state index is -0.418. The average molecular weight is 262 g/mol. The molecule has 6 nitrogen and oxygen atoms in total. The maximum absolute atomic E-state index is 11.2. The lowest BCUT2D eigenvalue weighted by Gasteiger charge is -2.05. The Morgan fingerprint density at radius 1 is 1.42 bits per heavy atom. The molecule has 2 rings (SSSR count). The second-order valence-electron chi connectivity index (χ2n) is 4.26. The number of rotatable bonds is 4. The van der Waals surface area contributed by atoms with E-state index in [1.54, 1.807) is 6.07 Å². The lowest BCUT2D eigenvalue weighted by Crippen LogP contribution is -2.04. The quantitative estimate of drug-likeness (QED) is 0.481. The number of aromatic nitrogens is 1. The molecule has 0 fully saturated rings. The van der Waals surface area contributed by atoms with Gasteiger partial charge in [0.25, 0.3) is 5.69 Å². The summed E-state index contributed by atoms with van der Waals surface area (Å²) in [6, 6.07) is 5.03. The number of nitro benzene ring substituents is 1. The first-order valence-electron chi connectivity index (χ1n) is 5.82. The number of nitro groups is 1. The van der Waals surface area contributed by atoms with Crippen LogP contribution in [-0.2, 0) is 23.0 Å². The van der Waals surface area contributed by atoms with Gasteiger partial charge >= 0.3 is 5.97 Å². The molecule has 0 radical (unpaired) electrons. The molecule has 100 valence electrons. The number of esters is 1. The van der Waals surface area contributed by atoms with Crippen molar-refractivity contribution in [3.8, 4) is 0 Å². The molecule has 2 aromatic rings. The maximum Gasteiger partial charge on any atom is 0.305 e. The third-order valence-electron chi connectivity index (χ3n) is 3.16. The summed E-state index contributed by atoms with van der Waals surface area (Å²) in [5, 5.41) is 11.9. The number of methoxy groups -OCH3 is 1. The van der Waals surface area contributed by atoms with E-state index in [4.69, 9.17) is 0 Å². The van der Waals surface area contributed by atoms with E-state index in [2.05, 4.69) is 4.74 Å². The number of nitrogens with zero attached hydrogens (tertiary/aromatic N) is 2. The fourth-order valence-corrected chi connectivity index (χ4v) is 2.16. The van der Waals surface area contributed by atoms with E-state index in [9.17, 15) is 14.9 Å². The molecule has 0 saturated carbocycles. The van der Waals surface area contributed by atoms with Crippen LogP contribution in [0.15, 0.2) is 24.4 Å². The monoisotopic (exact) mass is 262 g/mol. The summed E-state index contributed by atoms with van der Waals surface area (Å²) >= 11 is 0. The lowest BCUT2D eigenvalue weighted by atomic mass is 10.0. The molecule has 0 saturated heterocycles. The normalized spacial score (nSPS) is 10.6. The maximum atomic E-state index is 11.2. The highest BCUT2D eigenvalue weighted by Crippen LogP contribution is 2.29. The van der Waals surface area contributed by atoms with Crippen LogP contribution in [0.4, 0.5) is 5.69 Å². The standard InChI is InChI=1S/C13H14N2O4/c1-14-8-7-10-9(3-6-13(16)19-2)12(15(17)18)5-4-11(10)14/h4-5,7-8H,3,6H2,1-2H3. The van der Waals surface area contributed by atoms with Gasteiger partial charge in [0.1, 0.15) is 0 Å². The summed E-state index contributed by atoms with van der Waals surface area (Å²) in [4.78, 5) is 21.9. The Hall–Kier alpha value is -2.37. The van der Waals surface area contributed by atoms with Gasteiger partial charge in [-0.1, -0.05) is 0 Å². The fourth-order valence-electron chi connectivity index (χ4n) is 2.16. The van der Waals surface area contributed by atoms with E-state index in [0.717, 1.165) is 10.9 Å². The second kappa shape index (κ2) is 5.09. The summed E-state index contributed by atoms with van der Waals surface area (Å²) in [5.74, 6) is -0.373. The predicted octanol–water partition coefficient (Wildman–Crippen LogP) is 2.19. The van der Waals surface area contributed by atoms with E-state index in [1.165, 1.54) is 13.2 Å². The first-order chi connectivity index (χ1) is 9.04. The fraction of sp³-hybridized carbons (Fsp3) is 0.308. The highest BCUT2D eigenvalue weighted by Gasteiger charge is 2.19. The third kappa shape index (κ3) is 2.42. The van der Waals surface area contributed by atoms with Gasteiger partial charge in [-0.15, -0.1) is 0 Å². The van der Waals surface area contributed by atoms with Crippen LogP contribution in [0.5, 0.6) is 0 Å². The number of carbonyl (C=O) groups is 1. The molecule has 19 heavy (non-hydrogen) atoms. The largest absolute Gasteiger partial charge is 0.469 e. The molecule has 0 bridgehead atoms. The molecule has 0 aliphatic rings. The number of benzene rings is 1. The van der Waals surface area contributed by atoms with Crippen LogP contribution >= 0.6 is 0 Å². The first-order valence-corrected chi connectivity index (χ1v) is 5.82. The highest BCUT2D eigenvalue weighted by molar-refractivity contribution is 5.87. The van der Waals surface area contributed by atoms with Gasteiger partial charge in [0.15, 0.2) is 0 Å². The van der Waals surface area contributed by atoms with Crippen molar-refractivity contribution in [1.82, 2.24) is 4.57 Å². The molecule has 1 heterocycles. The summed E-state index contributed by atoms with van der Waals surface area (Å²) in [6.07, 6.45) is 2.27. The zero-order valence-electron chi connectivity index (χ0n) is 10.8. The highest BCUT2D eigenvalue weighted by atomic mass is 16.6. The Balaban J connectivity index is 2.49. The molecular weight excluding hydrogens is 248 g/mol. The Kier molecular flexibility index (Phi) is 3.50. The van der Waals surface area contributed by atoms with E-state index >= 15 is 0 Å². The Labute approximate surface area is 109 Å². The number of ether oxygens (including phenoxy) is 1. The van der Waals surface area contributed by atoms with Crippen LogP contribution in [0.2, 0.25) is 0 Å². The molecule has 0 spiro atoms. The van der Waals surface area contributed by atoms with Gasteiger partial charge < -0.3 is 9.30 Å². The average Bonchev–Trinajstić information content (AvgIpc) is 2.77. The van der Waals surface area contributed by atoms with Gasteiger partial charge in [-0.3, -0.25) is 14.9 Å². The van der Waals surface area contributed by atoms with Crippen molar-refractivity contribution >= 4 is 22.6 Å². The molecule has 0 amide bonds. The van der Waals surface area contributed by atoms with Gasteiger partial charge in [0.05, 0.1) is 12.0 Å². The number of fused-ring (bicyclic) bond motifs is 1. The van der Waals surface area contributed by atoms with Gasteiger partial charge in [0, 0.05) is 42.2 Å². The molecule has 0 N–H and O–H groups in total. The SMILES string of the molecule is COC(=O)CCc1c([N+](=O)[O-])ccc2c1ccn2C. The number of hydrogen-bond acceptors (Lipinski definition) is 4. The Morgan fingerprint density at radius 3 is 2.79 bits per heavy atom. The van der Waals surface area contributed by atoms with Crippen LogP contribution in [0.3, 0.4) is 0 Å². The van der Waals surface area contributed by atoms with Gasteiger partial charge in [-0.25, -0.2) is 0 Å². The van der Waals surface area contributed by atoms with E-state index in [-0.39, 0.29) is 18.1 Å². The number of carbonyl (C=O) groups excluding carboxylic acids is 1. The van der Waals surface area contributed by atoms with E-state index in [0.29, 0.717) is 12.0 Å². The van der Waals surface area contributed by atoms with Crippen molar-refractivity contribution in [1.29, 1.82) is 0 Å². The number of hydrogen-bond donors (Lipinski definition) is 0. The zero-order valence-corrected chi connectivity index (χ0v) is 10.8. The van der Waals surface area contributed by atoms with Crippen molar-refractivity contribution < 1.29 is 14.5 Å². The smallest absolute Gasteiger partial charge is 0.305 e. The zero-order chi connectivity index (χ0) is 14.0. The van der Waals surface area contributed by atoms with Crippen LogP contribution in [0, 0.1) is 10.1 Å². The Morgan fingerprint density at radius 2 is 2.16 bits per heavy atom. The molecular formula is C13H14N2O4. The van der Waals surface area contributed by atoms with Crippen molar-refractivity contribution in [3.63, 3.8) is 0 Å². The lowest BCUT2D eigenvalue weighted by molar-refractivity contribution is -0.385. The van der Waals surface area contributed by atoms with E-state index in [1.807, 2.05) is 23.9 Å². The summed E-state index contributed by atoms with van der Waals surface area (Å²) in [7, 11) is 3.18. The second-order valence-corrected chi connectivity index (χ2v) is 4.26. The minimum Gasteiger partial charge on any atom is -0.469 e. The Bertz CT molecular complexity index is 645. The van der Waals surface area contributed by atoms with E-state index < -0.39 is 4.92 Å². The number of aryl methyl sites for hydroxylation is 2. The summed E-state index contributed by atoms with van der Waals surface area (Å²) < 4.78 is 6.47. The molecule has 6 heteroatoms. The van der Waals surface area contributed by atoms with Crippen molar-refractivity contribution in [3.05, 3.63) is 40.1 Å². The van der Waals surface area contributed by atoms with Crippen LogP contribution in [-0.4, -0.2) is 22.6 Å². The van der Waals surface area contributed by atoms with Gasteiger partial charge in [0.2, 0.25) is 0 Å². The molecule has 0 atom stereocenters. The van der Waals surface area contributed by atoms with Crippen LogP contribution in [0.25, 0.3) is 10.9 Å². The first kappa shape index (κ1) is 13.1. The van der Waals surface area contributed by atoms with Crippen molar-refractivity contribution in [2.45, 2.75) is 12.8 Å². The van der Waals surface area contributed by atoms with Crippen LogP contribution < -0.4 is 0 Å². The molecule has 0 aliphatic heterocycles. The van der Waals surface area contributed by atoms with Gasteiger partial charge in [-0.2, -0.15) is 0 Å². The predicted molar refractivity (Wildman–Crippen MR) is 69.9 cm³/mol.